The zero-order valence-electron chi connectivity index (χ0n) is 20.5. The van der Waals surface area contributed by atoms with E-state index in [2.05, 4.69) is 11.9 Å². The third-order valence-electron chi connectivity index (χ3n) is 6.10. The SMILES string of the molecule is CCCCCC(=O)CC(=O)C=Cc1cc(OC)c(O)c(-n2cc3[nH]ccc3c2-c2cccc(O)c2)c1. The Kier molecular flexibility index (Phi) is 7.59. The first-order valence-corrected chi connectivity index (χ1v) is 12.0. The van der Waals surface area contributed by atoms with Gasteiger partial charge in [0.25, 0.3) is 0 Å². The molecule has 4 rings (SSSR count). The van der Waals surface area contributed by atoms with Crippen LogP contribution in [0.5, 0.6) is 17.2 Å². The van der Waals surface area contributed by atoms with Gasteiger partial charge < -0.3 is 24.5 Å². The van der Waals surface area contributed by atoms with Crippen LogP contribution in [0.3, 0.4) is 0 Å². The fraction of sp³-hybridized carbons (Fsp3) is 0.241. The van der Waals surface area contributed by atoms with Crippen molar-refractivity contribution in [1.29, 1.82) is 0 Å². The molecule has 7 heteroatoms. The van der Waals surface area contributed by atoms with Crippen molar-refractivity contribution in [2.75, 3.05) is 7.11 Å². The molecule has 0 unspecified atom stereocenters. The van der Waals surface area contributed by atoms with Crippen molar-refractivity contribution in [2.24, 2.45) is 0 Å². The number of benzene rings is 2. The molecule has 0 atom stereocenters. The number of unbranched alkanes of at least 4 members (excludes halogenated alkanes) is 2. The maximum atomic E-state index is 12.4. The summed E-state index contributed by atoms with van der Waals surface area (Å²) in [6.07, 6.45) is 9.81. The molecule has 0 aliphatic carbocycles. The molecule has 4 aromatic rings. The predicted molar refractivity (Wildman–Crippen MR) is 141 cm³/mol. The number of aromatic nitrogens is 2. The molecule has 0 saturated heterocycles. The monoisotopic (exact) mass is 486 g/mol. The molecule has 0 radical (unpaired) electrons. The smallest absolute Gasteiger partial charge is 0.182 e. The molecule has 36 heavy (non-hydrogen) atoms. The summed E-state index contributed by atoms with van der Waals surface area (Å²) >= 11 is 0. The van der Waals surface area contributed by atoms with Crippen LogP contribution >= 0.6 is 0 Å². The van der Waals surface area contributed by atoms with Gasteiger partial charge in [-0.05, 0) is 48.4 Å². The number of carbonyl (C=O) groups excluding carboxylic acids is 2. The first-order chi connectivity index (χ1) is 17.4. The Labute approximate surface area is 209 Å². The van der Waals surface area contributed by atoms with Crippen molar-refractivity contribution < 1.29 is 24.5 Å². The Morgan fingerprint density at radius 3 is 2.69 bits per heavy atom. The number of ketones is 2. The number of phenolic OH excluding ortho intramolecular Hbond substituents is 2. The average Bonchev–Trinajstić information content (AvgIpc) is 3.45. The molecule has 3 N–H and O–H groups in total. The van der Waals surface area contributed by atoms with Crippen molar-refractivity contribution in [3.05, 3.63) is 66.5 Å². The van der Waals surface area contributed by atoms with E-state index in [0.717, 1.165) is 41.4 Å². The zero-order chi connectivity index (χ0) is 25.7. The Hall–Kier alpha value is -4.26. The minimum atomic E-state index is -0.264. The van der Waals surface area contributed by atoms with E-state index in [0.29, 0.717) is 17.7 Å². The summed E-state index contributed by atoms with van der Waals surface area (Å²) in [4.78, 5) is 27.6. The lowest BCUT2D eigenvalue weighted by atomic mass is 10.1. The van der Waals surface area contributed by atoms with Gasteiger partial charge in [0.05, 0.1) is 30.4 Å². The number of aromatic amines is 1. The highest BCUT2D eigenvalue weighted by Crippen LogP contribution is 2.40. The van der Waals surface area contributed by atoms with Gasteiger partial charge in [0, 0.05) is 29.8 Å². The Morgan fingerprint density at radius 1 is 1.11 bits per heavy atom. The minimum absolute atomic E-state index is 0.0553. The second kappa shape index (κ2) is 11.0. The zero-order valence-corrected chi connectivity index (χ0v) is 20.5. The number of nitrogens with zero attached hydrogens (tertiary/aromatic N) is 1. The van der Waals surface area contributed by atoms with Crippen molar-refractivity contribution >= 4 is 28.5 Å². The van der Waals surface area contributed by atoms with E-state index >= 15 is 0 Å². The van der Waals surface area contributed by atoms with E-state index in [1.807, 2.05) is 29.1 Å². The Balaban J connectivity index is 1.71. The van der Waals surface area contributed by atoms with Crippen LogP contribution < -0.4 is 4.74 Å². The Morgan fingerprint density at radius 2 is 1.94 bits per heavy atom. The molecule has 0 spiro atoms. The van der Waals surface area contributed by atoms with Gasteiger partial charge in [0.1, 0.15) is 11.5 Å². The van der Waals surface area contributed by atoms with Crippen LogP contribution in [0.2, 0.25) is 0 Å². The van der Waals surface area contributed by atoms with Crippen LogP contribution in [0.25, 0.3) is 33.9 Å². The first-order valence-electron chi connectivity index (χ1n) is 12.0. The van der Waals surface area contributed by atoms with E-state index in [9.17, 15) is 19.8 Å². The molecule has 0 fully saturated rings. The quantitative estimate of drug-likeness (QED) is 0.134. The number of carbonyl (C=O) groups is 2. The van der Waals surface area contributed by atoms with Crippen molar-refractivity contribution in [2.45, 2.75) is 39.0 Å². The van der Waals surface area contributed by atoms with Gasteiger partial charge in [0.15, 0.2) is 17.3 Å². The summed E-state index contributed by atoms with van der Waals surface area (Å²) in [6.45, 7) is 2.07. The molecule has 0 aliphatic rings. The standard InChI is InChI=1S/C29H30N2O5/c1-3-4-5-8-22(33)17-23(34)11-10-19-14-26(29(35)27(15-19)36-2)31-18-25-24(12-13-30-25)28(31)20-7-6-9-21(32)16-20/h6-7,9-16,18,30,32,35H,3-5,8,17H2,1-2H3. The molecule has 7 nitrogen and oxygen atoms in total. The molecular weight excluding hydrogens is 456 g/mol. The molecule has 2 heterocycles. The predicted octanol–water partition coefficient (Wildman–Crippen LogP) is 6.17. The summed E-state index contributed by atoms with van der Waals surface area (Å²) in [5, 5.41) is 22.0. The van der Waals surface area contributed by atoms with Crippen LogP contribution in [0.15, 0.2) is 60.9 Å². The molecule has 0 aliphatic heterocycles. The third kappa shape index (κ3) is 5.35. The summed E-state index contributed by atoms with van der Waals surface area (Å²) in [7, 11) is 1.46. The summed E-state index contributed by atoms with van der Waals surface area (Å²) in [5.74, 6) is -0.00849. The van der Waals surface area contributed by atoms with Gasteiger partial charge in [-0.3, -0.25) is 9.59 Å². The van der Waals surface area contributed by atoms with E-state index < -0.39 is 0 Å². The number of hydrogen-bond acceptors (Lipinski definition) is 5. The molecule has 0 amide bonds. The highest BCUT2D eigenvalue weighted by Gasteiger charge is 2.19. The number of hydrogen-bond donors (Lipinski definition) is 3. The van der Waals surface area contributed by atoms with Gasteiger partial charge >= 0.3 is 0 Å². The van der Waals surface area contributed by atoms with Gasteiger partial charge in [-0.1, -0.05) is 38.0 Å². The number of H-pyrrole nitrogens is 1. The lowest BCUT2D eigenvalue weighted by Gasteiger charge is -2.15. The van der Waals surface area contributed by atoms with Gasteiger partial charge in [-0.15, -0.1) is 0 Å². The van der Waals surface area contributed by atoms with Crippen molar-refractivity contribution in [1.82, 2.24) is 9.55 Å². The van der Waals surface area contributed by atoms with E-state index in [4.69, 9.17) is 4.74 Å². The third-order valence-corrected chi connectivity index (χ3v) is 6.10. The second-order valence-corrected chi connectivity index (χ2v) is 8.77. The number of fused-ring (bicyclic) bond motifs is 1. The molecular formula is C29H30N2O5. The van der Waals surface area contributed by atoms with Crippen molar-refractivity contribution in [3.8, 4) is 34.2 Å². The fourth-order valence-electron chi connectivity index (χ4n) is 4.31. The lowest BCUT2D eigenvalue weighted by Crippen LogP contribution is -2.05. The van der Waals surface area contributed by atoms with Crippen LogP contribution in [-0.4, -0.2) is 38.4 Å². The summed E-state index contributed by atoms with van der Waals surface area (Å²) in [5.41, 5.74) is 3.46. The van der Waals surface area contributed by atoms with E-state index in [1.54, 1.807) is 36.4 Å². The molecule has 2 aromatic carbocycles. The molecule has 0 saturated carbocycles. The first kappa shape index (κ1) is 24.9. The van der Waals surface area contributed by atoms with Gasteiger partial charge in [-0.25, -0.2) is 0 Å². The average molecular weight is 487 g/mol. The lowest BCUT2D eigenvalue weighted by molar-refractivity contribution is -0.124. The number of allylic oxidation sites excluding steroid dienone is 1. The Bertz CT molecular complexity index is 1430. The minimum Gasteiger partial charge on any atom is -0.508 e. The maximum absolute atomic E-state index is 12.4. The number of aromatic hydroxyl groups is 2. The van der Waals surface area contributed by atoms with Crippen LogP contribution in [-0.2, 0) is 9.59 Å². The van der Waals surface area contributed by atoms with E-state index in [-0.39, 0.29) is 35.2 Å². The summed E-state index contributed by atoms with van der Waals surface area (Å²) < 4.78 is 7.23. The normalized spacial score (nSPS) is 11.4. The maximum Gasteiger partial charge on any atom is 0.182 e. The van der Waals surface area contributed by atoms with E-state index in [1.165, 1.54) is 13.2 Å². The number of ether oxygens (including phenoxy) is 1. The highest BCUT2D eigenvalue weighted by atomic mass is 16.5. The number of nitrogens with one attached hydrogen (secondary N) is 1. The number of methoxy groups -OCH3 is 1. The van der Waals surface area contributed by atoms with Crippen molar-refractivity contribution in [3.63, 3.8) is 0 Å². The largest absolute Gasteiger partial charge is 0.508 e. The molecule has 186 valence electrons. The number of rotatable bonds is 11. The van der Waals surface area contributed by atoms with Crippen LogP contribution in [0.1, 0.15) is 44.6 Å². The summed E-state index contributed by atoms with van der Waals surface area (Å²) in [6, 6.07) is 12.2. The molecule has 0 bridgehead atoms. The second-order valence-electron chi connectivity index (χ2n) is 8.77. The van der Waals surface area contributed by atoms with Gasteiger partial charge in [-0.2, -0.15) is 0 Å². The number of Topliss-reactive ketones (excluding diaryl/α,β-unsaturated/α-hetero) is 1. The van der Waals surface area contributed by atoms with Crippen LogP contribution in [0.4, 0.5) is 0 Å². The highest BCUT2D eigenvalue weighted by molar-refractivity contribution is 6.06. The fourth-order valence-corrected chi connectivity index (χ4v) is 4.31. The van der Waals surface area contributed by atoms with Crippen LogP contribution in [0, 0.1) is 0 Å². The topological polar surface area (TPSA) is 105 Å². The number of phenols is 2. The molecule has 2 aromatic heterocycles. The van der Waals surface area contributed by atoms with Gasteiger partial charge in [0.2, 0.25) is 0 Å².